The van der Waals surface area contributed by atoms with Crippen LogP contribution in [0.15, 0.2) is 12.1 Å². The highest BCUT2D eigenvalue weighted by Gasteiger charge is 2.23. The molecule has 2 heterocycles. The highest BCUT2D eigenvalue weighted by molar-refractivity contribution is 7.22. The molecule has 0 bridgehead atoms. The SMILES string of the molecule is Cc1c(Cl)ccc2sc(N3CCN(C(=O)NC(C)C)CC3)nc12. The van der Waals surface area contributed by atoms with Crippen LogP contribution in [0.2, 0.25) is 5.02 Å². The molecule has 0 atom stereocenters. The number of nitrogens with one attached hydrogen (secondary N) is 1. The van der Waals surface area contributed by atoms with Gasteiger partial charge in [0.2, 0.25) is 0 Å². The number of halogens is 1. The first-order valence-corrected chi connectivity index (χ1v) is 9.01. The monoisotopic (exact) mass is 352 g/mol. The Labute approximate surface area is 145 Å². The maximum absolute atomic E-state index is 12.0. The Hall–Kier alpha value is -1.53. The van der Waals surface area contributed by atoms with E-state index in [1.165, 1.54) is 0 Å². The third kappa shape index (κ3) is 3.38. The van der Waals surface area contributed by atoms with Gasteiger partial charge in [-0.25, -0.2) is 9.78 Å². The van der Waals surface area contributed by atoms with Crippen LogP contribution in [0.3, 0.4) is 0 Å². The summed E-state index contributed by atoms with van der Waals surface area (Å²) in [5, 5.41) is 4.71. The number of carbonyl (C=O) groups is 1. The minimum Gasteiger partial charge on any atom is -0.345 e. The number of nitrogens with zero attached hydrogens (tertiary/aromatic N) is 3. The Morgan fingerprint density at radius 2 is 2.00 bits per heavy atom. The van der Waals surface area contributed by atoms with Crippen LogP contribution in [0.5, 0.6) is 0 Å². The Morgan fingerprint density at radius 1 is 1.30 bits per heavy atom. The third-order valence-electron chi connectivity index (χ3n) is 3.99. The van der Waals surface area contributed by atoms with Crippen LogP contribution in [-0.4, -0.2) is 48.1 Å². The van der Waals surface area contributed by atoms with Gasteiger partial charge < -0.3 is 15.1 Å². The molecule has 5 nitrogen and oxygen atoms in total. The molecular weight excluding hydrogens is 332 g/mol. The number of thiazole rings is 1. The number of piperazine rings is 1. The van der Waals surface area contributed by atoms with E-state index in [0.29, 0.717) is 13.1 Å². The molecule has 7 heteroatoms. The Kier molecular flexibility index (Phi) is 4.64. The molecular formula is C16H21ClN4OS. The van der Waals surface area contributed by atoms with Crippen molar-refractivity contribution >= 4 is 44.3 Å². The largest absolute Gasteiger partial charge is 0.345 e. The molecule has 1 saturated heterocycles. The second kappa shape index (κ2) is 6.53. The summed E-state index contributed by atoms with van der Waals surface area (Å²) in [7, 11) is 0. The molecule has 124 valence electrons. The lowest BCUT2D eigenvalue weighted by Gasteiger charge is -2.34. The molecule has 1 aliphatic heterocycles. The minimum atomic E-state index is 0.0200. The van der Waals surface area contributed by atoms with Crippen molar-refractivity contribution in [2.75, 3.05) is 31.1 Å². The molecule has 0 unspecified atom stereocenters. The fraction of sp³-hybridized carbons (Fsp3) is 0.500. The highest BCUT2D eigenvalue weighted by Crippen LogP contribution is 2.33. The van der Waals surface area contributed by atoms with Crippen LogP contribution in [0, 0.1) is 6.92 Å². The van der Waals surface area contributed by atoms with Crippen molar-refractivity contribution < 1.29 is 4.79 Å². The second-order valence-electron chi connectivity index (χ2n) is 6.09. The van der Waals surface area contributed by atoms with Gasteiger partial charge in [-0.2, -0.15) is 0 Å². The molecule has 1 N–H and O–H groups in total. The van der Waals surface area contributed by atoms with Crippen molar-refractivity contribution in [1.29, 1.82) is 0 Å². The molecule has 23 heavy (non-hydrogen) atoms. The summed E-state index contributed by atoms with van der Waals surface area (Å²) >= 11 is 7.86. The second-order valence-corrected chi connectivity index (χ2v) is 7.51. The van der Waals surface area contributed by atoms with Crippen LogP contribution < -0.4 is 10.2 Å². The van der Waals surface area contributed by atoms with Gasteiger partial charge in [-0.15, -0.1) is 0 Å². The van der Waals surface area contributed by atoms with Crippen molar-refractivity contribution in [2.45, 2.75) is 26.8 Å². The Morgan fingerprint density at radius 3 is 2.65 bits per heavy atom. The van der Waals surface area contributed by atoms with E-state index in [0.717, 1.165) is 39.0 Å². The molecule has 1 aromatic carbocycles. The van der Waals surface area contributed by atoms with Gasteiger partial charge in [0.1, 0.15) is 0 Å². The number of aryl methyl sites for hydroxylation is 1. The number of rotatable bonds is 2. The number of aromatic nitrogens is 1. The molecule has 2 aromatic rings. The normalized spacial score (nSPS) is 15.5. The molecule has 0 radical (unpaired) electrons. The average Bonchev–Trinajstić information content (AvgIpc) is 2.95. The summed E-state index contributed by atoms with van der Waals surface area (Å²) in [5.41, 5.74) is 2.01. The fourth-order valence-electron chi connectivity index (χ4n) is 2.66. The van der Waals surface area contributed by atoms with Gasteiger partial charge in [0.25, 0.3) is 0 Å². The van der Waals surface area contributed by atoms with E-state index in [2.05, 4.69) is 10.2 Å². The van der Waals surface area contributed by atoms with Gasteiger partial charge in [0, 0.05) is 37.2 Å². The Bertz CT molecular complexity index is 722. The summed E-state index contributed by atoms with van der Waals surface area (Å²) in [6, 6.07) is 4.14. The van der Waals surface area contributed by atoms with E-state index >= 15 is 0 Å². The molecule has 1 aromatic heterocycles. The van der Waals surface area contributed by atoms with Crippen molar-refractivity contribution in [1.82, 2.24) is 15.2 Å². The number of urea groups is 1. The fourth-order valence-corrected chi connectivity index (χ4v) is 3.89. The number of hydrogen-bond acceptors (Lipinski definition) is 4. The highest BCUT2D eigenvalue weighted by atomic mass is 35.5. The van der Waals surface area contributed by atoms with Crippen LogP contribution in [0.4, 0.5) is 9.93 Å². The number of carbonyl (C=O) groups excluding carboxylic acids is 1. The predicted molar refractivity (Wildman–Crippen MR) is 96.8 cm³/mol. The van der Waals surface area contributed by atoms with E-state index in [1.807, 2.05) is 37.8 Å². The first-order chi connectivity index (χ1) is 11.0. The zero-order valence-corrected chi connectivity index (χ0v) is 15.2. The summed E-state index contributed by atoms with van der Waals surface area (Å²) in [4.78, 5) is 20.9. The first-order valence-electron chi connectivity index (χ1n) is 7.81. The molecule has 1 fully saturated rings. The minimum absolute atomic E-state index is 0.0200. The van der Waals surface area contributed by atoms with Crippen LogP contribution in [0.1, 0.15) is 19.4 Å². The van der Waals surface area contributed by atoms with Gasteiger partial charge in [0.05, 0.1) is 10.2 Å². The topological polar surface area (TPSA) is 48.5 Å². The zero-order valence-electron chi connectivity index (χ0n) is 13.6. The van der Waals surface area contributed by atoms with E-state index in [4.69, 9.17) is 16.6 Å². The van der Waals surface area contributed by atoms with E-state index < -0.39 is 0 Å². The molecule has 1 aliphatic rings. The number of amides is 2. The predicted octanol–water partition coefficient (Wildman–Crippen LogP) is 3.50. The van der Waals surface area contributed by atoms with Crippen molar-refractivity contribution in [3.05, 3.63) is 22.7 Å². The van der Waals surface area contributed by atoms with Crippen molar-refractivity contribution in [3.8, 4) is 0 Å². The standard InChI is InChI=1S/C16H21ClN4OS/c1-10(2)18-15(22)20-6-8-21(9-7-20)16-19-14-11(3)12(17)4-5-13(14)23-16/h4-5,10H,6-9H2,1-3H3,(H,18,22). The van der Waals surface area contributed by atoms with Crippen molar-refractivity contribution in [2.24, 2.45) is 0 Å². The first kappa shape index (κ1) is 16.3. The van der Waals surface area contributed by atoms with E-state index in [9.17, 15) is 4.79 Å². The van der Waals surface area contributed by atoms with Gasteiger partial charge in [-0.1, -0.05) is 22.9 Å². The summed E-state index contributed by atoms with van der Waals surface area (Å²) in [5.74, 6) is 0. The van der Waals surface area contributed by atoms with Gasteiger partial charge in [0.15, 0.2) is 5.13 Å². The number of benzene rings is 1. The molecule has 0 aliphatic carbocycles. The smallest absolute Gasteiger partial charge is 0.317 e. The van der Waals surface area contributed by atoms with E-state index in [1.54, 1.807) is 11.3 Å². The molecule has 0 saturated carbocycles. The summed E-state index contributed by atoms with van der Waals surface area (Å²) < 4.78 is 1.15. The van der Waals surface area contributed by atoms with Gasteiger partial charge in [-0.05, 0) is 38.5 Å². The van der Waals surface area contributed by atoms with Crippen molar-refractivity contribution in [3.63, 3.8) is 0 Å². The third-order valence-corrected chi connectivity index (χ3v) is 5.48. The maximum Gasteiger partial charge on any atom is 0.317 e. The molecule has 2 amide bonds. The van der Waals surface area contributed by atoms with E-state index in [-0.39, 0.29) is 12.1 Å². The summed E-state index contributed by atoms with van der Waals surface area (Å²) in [6.07, 6.45) is 0. The summed E-state index contributed by atoms with van der Waals surface area (Å²) in [6.45, 7) is 8.99. The zero-order chi connectivity index (χ0) is 16.6. The van der Waals surface area contributed by atoms with Crippen LogP contribution in [-0.2, 0) is 0 Å². The lowest BCUT2D eigenvalue weighted by Crippen LogP contribution is -2.52. The van der Waals surface area contributed by atoms with Crippen LogP contribution >= 0.6 is 22.9 Å². The lowest BCUT2D eigenvalue weighted by atomic mass is 10.2. The van der Waals surface area contributed by atoms with Crippen LogP contribution in [0.25, 0.3) is 10.2 Å². The lowest BCUT2D eigenvalue weighted by molar-refractivity contribution is 0.192. The maximum atomic E-state index is 12.0. The Balaban J connectivity index is 1.70. The quantitative estimate of drug-likeness (QED) is 0.899. The van der Waals surface area contributed by atoms with Gasteiger partial charge in [-0.3, -0.25) is 0 Å². The molecule has 3 rings (SSSR count). The molecule has 0 spiro atoms. The average molecular weight is 353 g/mol. The number of anilines is 1. The number of hydrogen-bond donors (Lipinski definition) is 1. The van der Waals surface area contributed by atoms with Gasteiger partial charge >= 0.3 is 6.03 Å². The number of fused-ring (bicyclic) bond motifs is 1.